The summed E-state index contributed by atoms with van der Waals surface area (Å²) in [6.45, 7) is 3.06. The van der Waals surface area contributed by atoms with Crippen molar-refractivity contribution < 1.29 is 9.53 Å². The molecule has 1 rings (SSSR count). The van der Waals surface area contributed by atoms with E-state index in [4.69, 9.17) is 10.5 Å². The Morgan fingerprint density at radius 2 is 2.27 bits per heavy atom. The number of methoxy groups -OCH3 is 1. The molecule has 0 atom stereocenters. The van der Waals surface area contributed by atoms with E-state index >= 15 is 0 Å². The van der Waals surface area contributed by atoms with Crippen LogP contribution in [0, 0.1) is 0 Å². The van der Waals surface area contributed by atoms with Gasteiger partial charge in [-0.2, -0.15) is 0 Å². The number of hydrogen-bond donors (Lipinski definition) is 2. The summed E-state index contributed by atoms with van der Waals surface area (Å²) in [6, 6.07) is 5.06. The molecular formula is C11H16N2O2. The molecule has 1 aromatic carbocycles. The van der Waals surface area contributed by atoms with E-state index in [-0.39, 0.29) is 5.78 Å². The van der Waals surface area contributed by atoms with Gasteiger partial charge in [0.25, 0.3) is 0 Å². The molecule has 0 aromatic heterocycles. The number of hydrogen-bond acceptors (Lipinski definition) is 4. The summed E-state index contributed by atoms with van der Waals surface area (Å²) < 4.78 is 5.01. The van der Waals surface area contributed by atoms with Crippen molar-refractivity contribution in [3.8, 4) is 5.75 Å². The summed E-state index contributed by atoms with van der Waals surface area (Å²) >= 11 is 0. The summed E-state index contributed by atoms with van der Waals surface area (Å²) in [5.74, 6) is 0.626. The summed E-state index contributed by atoms with van der Waals surface area (Å²) in [5, 5.41) is 2.97. The SMILES string of the molecule is CCNCC(=O)c1ccc(OC)c(N)c1. The van der Waals surface area contributed by atoms with Crippen molar-refractivity contribution >= 4 is 11.5 Å². The number of nitrogens with two attached hydrogens (primary N) is 1. The van der Waals surface area contributed by atoms with Crippen LogP contribution in [0.3, 0.4) is 0 Å². The van der Waals surface area contributed by atoms with Gasteiger partial charge < -0.3 is 15.8 Å². The van der Waals surface area contributed by atoms with Crippen LogP contribution in [0.5, 0.6) is 5.75 Å². The van der Waals surface area contributed by atoms with Crippen molar-refractivity contribution in [1.82, 2.24) is 5.32 Å². The number of nitrogen functional groups attached to an aromatic ring is 1. The quantitative estimate of drug-likeness (QED) is 0.561. The second kappa shape index (κ2) is 5.36. The molecule has 0 radical (unpaired) electrons. The molecule has 82 valence electrons. The average Bonchev–Trinajstić information content (AvgIpc) is 2.25. The van der Waals surface area contributed by atoms with E-state index in [1.807, 2.05) is 6.92 Å². The number of ether oxygens (including phenoxy) is 1. The second-order valence-electron chi connectivity index (χ2n) is 3.16. The van der Waals surface area contributed by atoms with Gasteiger partial charge in [0.05, 0.1) is 19.3 Å². The Kier molecular flexibility index (Phi) is 4.12. The molecule has 3 N–H and O–H groups in total. The van der Waals surface area contributed by atoms with Crippen molar-refractivity contribution in [2.45, 2.75) is 6.92 Å². The predicted octanol–water partition coefficient (Wildman–Crippen LogP) is 1.07. The van der Waals surface area contributed by atoms with Crippen molar-refractivity contribution in [3.05, 3.63) is 23.8 Å². The van der Waals surface area contributed by atoms with Gasteiger partial charge in [-0.25, -0.2) is 0 Å². The van der Waals surface area contributed by atoms with Gasteiger partial charge in [0.2, 0.25) is 0 Å². The first-order valence-electron chi connectivity index (χ1n) is 4.86. The molecule has 0 fully saturated rings. The molecule has 0 unspecified atom stereocenters. The number of ketones is 1. The first kappa shape index (κ1) is 11.5. The predicted molar refractivity (Wildman–Crippen MR) is 60.3 cm³/mol. The minimum Gasteiger partial charge on any atom is -0.495 e. The van der Waals surface area contributed by atoms with E-state index in [0.717, 1.165) is 6.54 Å². The lowest BCUT2D eigenvalue weighted by molar-refractivity contribution is 0.0992. The molecule has 0 spiro atoms. The van der Waals surface area contributed by atoms with E-state index < -0.39 is 0 Å². The molecule has 0 aliphatic heterocycles. The van der Waals surface area contributed by atoms with Crippen LogP contribution in [-0.2, 0) is 0 Å². The Labute approximate surface area is 89.4 Å². The highest BCUT2D eigenvalue weighted by atomic mass is 16.5. The maximum Gasteiger partial charge on any atom is 0.176 e. The Bertz CT molecular complexity index is 350. The van der Waals surface area contributed by atoms with Gasteiger partial charge in [-0.3, -0.25) is 4.79 Å². The Morgan fingerprint density at radius 1 is 1.53 bits per heavy atom. The highest BCUT2D eigenvalue weighted by Gasteiger charge is 2.07. The lowest BCUT2D eigenvalue weighted by Crippen LogP contribution is -2.22. The zero-order chi connectivity index (χ0) is 11.3. The van der Waals surface area contributed by atoms with Crippen LogP contribution in [0.25, 0.3) is 0 Å². The molecule has 0 bridgehead atoms. The van der Waals surface area contributed by atoms with Gasteiger partial charge in [0.15, 0.2) is 5.78 Å². The summed E-state index contributed by atoms with van der Waals surface area (Å²) in [4.78, 5) is 11.6. The molecule has 0 heterocycles. The first-order valence-corrected chi connectivity index (χ1v) is 4.86. The summed E-state index contributed by atoms with van der Waals surface area (Å²) in [5.41, 5.74) is 6.79. The lowest BCUT2D eigenvalue weighted by Gasteiger charge is -2.06. The topological polar surface area (TPSA) is 64.3 Å². The normalized spacial score (nSPS) is 10.0. The smallest absolute Gasteiger partial charge is 0.176 e. The van der Waals surface area contributed by atoms with Gasteiger partial charge in [-0.05, 0) is 24.7 Å². The van der Waals surface area contributed by atoms with Gasteiger partial charge in [0, 0.05) is 5.56 Å². The third kappa shape index (κ3) is 2.95. The van der Waals surface area contributed by atoms with E-state index in [1.54, 1.807) is 25.3 Å². The fourth-order valence-electron chi connectivity index (χ4n) is 1.25. The molecule has 0 aliphatic rings. The minimum absolute atomic E-state index is 0.0335. The minimum atomic E-state index is 0.0335. The third-order valence-corrected chi connectivity index (χ3v) is 2.09. The average molecular weight is 208 g/mol. The molecule has 0 saturated carbocycles. The number of benzene rings is 1. The number of anilines is 1. The number of likely N-dealkylation sites (N-methyl/N-ethyl adjacent to an activating group) is 1. The second-order valence-corrected chi connectivity index (χ2v) is 3.16. The number of carbonyl (C=O) groups excluding carboxylic acids is 1. The molecule has 4 nitrogen and oxygen atoms in total. The molecule has 0 aliphatic carbocycles. The van der Waals surface area contributed by atoms with Crippen LogP contribution in [0.4, 0.5) is 5.69 Å². The zero-order valence-corrected chi connectivity index (χ0v) is 9.04. The monoisotopic (exact) mass is 208 g/mol. The highest BCUT2D eigenvalue weighted by Crippen LogP contribution is 2.21. The molecule has 4 heteroatoms. The standard InChI is InChI=1S/C11H16N2O2/c1-3-13-7-10(14)8-4-5-11(15-2)9(12)6-8/h4-6,13H,3,7,12H2,1-2H3. The Hall–Kier alpha value is -1.55. The fraction of sp³-hybridized carbons (Fsp3) is 0.364. The van der Waals surface area contributed by atoms with Crippen LogP contribution in [0.1, 0.15) is 17.3 Å². The lowest BCUT2D eigenvalue weighted by atomic mass is 10.1. The molecule has 0 amide bonds. The number of rotatable bonds is 5. The third-order valence-electron chi connectivity index (χ3n) is 2.09. The van der Waals surface area contributed by atoms with Crippen molar-refractivity contribution in [2.24, 2.45) is 0 Å². The number of carbonyl (C=O) groups is 1. The van der Waals surface area contributed by atoms with Crippen LogP contribution in [0.2, 0.25) is 0 Å². The van der Waals surface area contributed by atoms with E-state index in [2.05, 4.69) is 5.32 Å². The van der Waals surface area contributed by atoms with Crippen LogP contribution >= 0.6 is 0 Å². The first-order chi connectivity index (χ1) is 7.19. The number of nitrogens with one attached hydrogen (secondary N) is 1. The number of Topliss-reactive ketones (excluding diaryl/α,β-unsaturated/α-hetero) is 1. The largest absolute Gasteiger partial charge is 0.495 e. The van der Waals surface area contributed by atoms with Crippen LogP contribution < -0.4 is 15.8 Å². The van der Waals surface area contributed by atoms with E-state index in [9.17, 15) is 4.79 Å². The van der Waals surface area contributed by atoms with Crippen LogP contribution in [0.15, 0.2) is 18.2 Å². The van der Waals surface area contributed by atoms with Crippen molar-refractivity contribution in [3.63, 3.8) is 0 Å². The van der Waals surface area contributed by atoms with Gasteiger partial charge in [0.1, 0.15) is 5.75 Å². The molecule has 1 aromatic rings. The zero-order valence-electron chi connectivity index (χ0n) is 9.04. The van der Waals surface area contributed by atoms with E-state index in [1.165, 1.54) is 0 Å². The van der Waals surface area contributed by atoms with Crippen molar-refractivity contribution in [1.29, 1.82) is 0 Å². The Balaban J connectivity index is 2.78. The Morgan fingerprint density at radius 3 is 2.80 bits per heavy atom. The summed E-state index contributed by atoms with van der Waals surface area (Å²) in [6.07, 6.45) is 0. The van der Waals surface area contributed by atoms with Gasteiger partial charge in [-0.15, -0.1) is 0 Å². The van der Waals surface area contributed by atoms with Crippen molar-refractivity contribution in [2.75, 3.05) is 25.9 Å². The molecule has 15 heavy (non-hydrogen) atoms. The van der Waals surface area contributed by atoms with Gasteiger partial charge in [-0.1, -0.05) is 6.92 Å². The fourth-order valence-corrected chi connectivity index (χ4v) is 1.25. The maximum atomic E-state index is 11.6. The molecule has 0 saturated heterocycles. The van der Waals surface area contributed by atoms with Gasteiger partial charge >= 0.3 is 0 Å². The summed E-state index contributed by atoms with van der Waals surface area (Å²) in [7, 11) is 1.55. The highest BCUT2D eigenvalue weighted by molar-refractivity contribution is 5.98. The maximum absolute atomic E-state index is 11.6. The van der Waals surface area contributed by atoms with Crippen LogP contribution in [-0.4, -0.2) is 26.0 Å². The van der Waals surface area contributed by atoms with E-state index in [0.29, 0.717) is 23.5 Å². The molecular weight excluding hydrogens is 192 g/mol.